The Morgan fingerprint density at radius 2 is 2.11 bits per heavy atom. The van der Waals surface area contributed by atoms with Crippen molar-refractivity contribution in [2.75, 3.05) is 13.1 Å². The molecule has 0 fully saturated rings. The molecule has 2 rings (SSSR count). The minimum absolute atomic E-state index is 0.765. The zero-order valence-electron chi connectivity index (χ0n) is 10.6. The second-order valence-corrected chi connectivity index (χ2v) is 4.61. The number of hydrogen-bond donors (Lipinski definition) is 1. The summed E-state index contributed by atoms with van der Waals surface area (Å²) in [5.41, 5.74) is 2.10. The van der Waals surface area contributed by atoms with E-state index >= 15 is 0 Å². The molecule has 4 heteroatoms. The second kappa shape index (κ2) is 6.57. The number of benzene rings is 1. The van der Waals surface area contributed by atoms with Gasteiger partial charge in [-0.05, 0) is 19.0 Å². The van der Waals surface area contributed by atoms with Gasteiger partial charge in [0, 0.05) is 23.7 Å². The molecule has 3 nitrogen and oxygen atoms in total. The van der Waals surface area contributed by atoms with E-state index in [9.17, 15) is 0 Å². The standard InChI is InChI=1S/C14H18ClN3/c1-2-7-16-8-9-18-11-17-10-14(18)12-5-3-4-6-13(12)15/h3-6,10-11,16H,2,7-9H2,1H3. The van der Waals surface area contributed by atoms with Crippen molar-refractivity contribution in [3.63, 3.8) is 0 Å². The molecular formula is C14H18ClN3. The van der Waals surface area contributed by atoms with Gasteiger partial charge in [0.2, 0.25) is 0 Å². The summed E-state index contributed by atoms with van der Waals surface area (Å²) >= 11 is 6.21. The van der Waals surface area contributed by atoms with Crippen LogP contribution in [0.4, 0.5) is 0 Å². The van der Waals surface area contributed by atoms with Crippen LogP contribution in [0, 0.1) is 0 Å². The zero-order valence-corrected chi connectivity index (χ0v) is 11.3. The lowest BCUT2D eigenvalue weighted by molar-refractivity contribution is 0.596. The molecule has 0 spiro atoms. The van der Waals surface area contributed by atoms with E-state index in [2.05, 4.69) is 21.8 Å². The Morgan fingerprint density at radius 1 is 1.28 bits per heavy atom. The third-order valence-corrected chi connectivity index (χ3v) is 3.15. The fourth-order valence-corrected chi connectivity index (χ4v) is 2.13. The van der Waals surface area contributed by atoms with Crippen LogP contribution in [-0.4, -0.2) is 22.6 Å². The van der Waals surface area contributed by atoms with Gasteiger partial charge in [-0.1, -0.05) is 36.7 Å². The Hall–Kier alpha value is -1.32. The maximum Gasteiger partial charge on any atom is 0.0951 e. The zero-order chi connectivity index (χ0) is 12.8. The molecule has 1 N–H and O–H groups in total. The van der Waals surface area contributed by atoms with Crippen molar-refractivity contribution >= 4 is 11.6 Å². The predicted octanol–water partition coefficient (Wildman–Crippen LogP) is 3.20. The van der Waals surface area contributed by atoms with Crippen LogP contribution in [0.2, 0.25) is 5.02 Å². The smallest absolute Gasteiger partial charge is 0.0951 e. The molecule has 1 heterocycles. The molecule has 1 aromatic carbocycles. The fourth-order valence-electron chi connectivity index (χ4n) is 1.89. The Balaban J connectivity index is 2.10. The number of hydrogen-bond acceptors (Lipinski definition) is 2. The average Bonchev–Trinajstić information content (AvgIpc) is 2.83. The van der Waals surface area contributed by atoms with Crippen molar-refractivity contribution in [3.8, 4) is 11.3 Å². The molecule has 0 aliphatic rings. The van der Waals surface area contributed by atoms with Crippen molar-refractivity contribution in [2.24, 2.45) is 0 Å². The van der Waals surface area contributed by atoms with Crippen LogP contribution < -0.4 is 5.32 Å². The van der Waals surface area contributed by atoms with Crippen molar-refractivity contribution < 1.29 is 0 Å². The van der Waals surface area contributed by atoms with E-state index in [1.54, 1.807) is 0 Å². The van der Waals surface area contributed by atoms with E-state index < -0.39 is 0 Å². The Morgan fingerprint density at radius 3 is 2.89 bits per heavy atom. The highest BCUT2D eigenvalue weighted by molar-refractivity contribution is 6.33. The summed E-state index contributed by atoms with van der Waals surface area (Å²) in [6.07, 6.45) is 4.87. The van der Waals surface area contributed by atoms with E-state index in [-0.39, 0.29) is 0 Å². The van der Waals surface area contributed by atoms with Crippen LogP contribution in [0.5, 0.6) is 0 Å². The van der Waals surface area contributed by atoms with Crippen molar-refractivity contribution in [1.29, 1.82) is 0 Å². The number of nitrogens with zero attached hydrogens (tertiary/aromatic N) is 2. The van der Waals surface area contributed by atoms with Crippen LogP contribution >= 0.6 is 11.6 Å². The molecule has 0 aliphatic heterocycles. The lowest BCUT2D eigenvalue weighted by Gasteiger charge is -2.10. The topological polar surface area (TPSA) is 29.9 Å². The van der Waals surface area contributed by atoms with Gasteiger partial charge in [-0.3, -0.25) is 0 Å². The van der Waals surface area contributed by atoms with E-state index in [4.69, 9.17) is 11.6 Å². The number of nitrogens with one attached hydrogen (secondary N) is 1. The number of imidazole rings is 1. The van der Waals surface area contributed by atoms with Gasteiger partial charge in [0.15, 0.2) is 0 Å². The van der Waals surface area contributed by atoms with Crippen molar-refractivity contribution in [2.45, 2.75) is 19.9 Å². The molecule has 0 bridgehead atoms. The molecule has 18 heavy (non-hydrogen) atoms. The molecule has 0 saturated carbocycles. The lowest BCUT2D eigenvalue weighted by atomic mass is 10.1. The first-order valence-corrected chi connectivity index (χ1v) is 6.66. The normalized spacial score (nSPS) is 10.8. The van der Waals surface area contributed by atoms with Crippen molar-refractivity contribution in [1.82, 2.24) is 14.9 Å². The van der Waals surface area contributed by atoms with Gasteiger partial charge in [-0.25, -0.2) is 4.98 Å². The van der Waals surface area contributed by atoms with Gasteiger partial charge in [0.1, 0.15) is 0 Å². The summed E-state index contributed by atoms with van der Waals surface area (Å²) in [5, 5.41) is 4.15. The Bertz CT molecular complexity index is 493. The van der Waals surface area contributed by atoms with Gasteiger partial charge in [-0.15, -0.1) is 0 Å². The van der Waals surface area contributed by atoms with Gasteiger partial charge in [0.05, 0.1) is 18.2 Å². The molecule has 0 amide bonds. The lowest BCUT2D eigenvalue weighted by Crippen LogP contribution is -2.20. The first kappa shape index (κ1) is 13.1. The van der Waals surface area contributed by atoms with E-state index in [0.717, 1.165) is 42.3 Å². The van der Waals surface area contributed by atoms with Gasteiger partial charge in [-0.2, -0.15) is 0 Å². The predicted molar refractivity (Wildman–Crippen MR) is 75.8 cm³/mol. The van der Waals surface area contributed by atoms with Gasteiger partial charge in [0.25, 0.3) is 0 Å². The van der Waals surface area contributed by atoms with Gasteiger partial charge < -0.3 is 9.88 Å². The Kier molecular flexibility index (Phi) is 4.79. The number of aromatic nitrogens is 2. The molecule has 2 aromatic rings. The monoisotopic (exact) mass is 263 g/mol. The summed E-state index contributed by atoms with van der Waals surface area (Å²) in [4.78, 5) is 4.22. The van der Waals surface area contributed by atoms with Crippen molar-refractivity contribution in [3.05, 3.63) is 41.8 Å². The fraction of sp³-hybridized carbons (Fsp3) is 0.357. The first-order valence-electron chi connectivity index (χ1n) is 6.28. The van der Waals surface area contributed by atoms with Crippen LogP contribution in [0.25, 0.3) is 11.3 Å². The average molecular weight is 264 g/mol. The van der Waals surface area contributed by atoms with E-state index in [1.807, 2.05) is 36.8 Å². The molecule has 0 radical (unpaired) electrons. The highest BCUT2D eigenvalue weighted by atomic mass is 35.5. The summed E-state index contributed by atoms with van der Waals surface area (Å²) in [6.45, 7) is 5.07. The van der Waals surface area contributed by atoms with E-state index in [0.29, 0.717) is 0 Å². The third-order valence-electron chi connectivity index (χ3n) is 2.82. The Labute approximate surface area is 113 Å². The molecule has 0 saturated heterocycles. The largest absolute Gasteiger partial charge is 0.329 e. The quantitative estimate of drug-likeness (QED) is 0.811. The second-order valence-electron chi connectivity index (χ2n) is 4.20. The first-order chi connectivity index (χ1) is 8.83. The third kappa shape index (κ3) is 3.12. The van der Waals surface area contributed by atoms with Crippen LogP contribution in [0.15, 0.2) is 36.8 Å². The molecule has 96 valence electrons. The molecule has 0 unspecified atom stereocenters. The summed E-state index contributed by atoms with van der Waals surface area (Å²) in [7, 11) is 0. The SMILES string of the molecule is CCCNCCn1cncc1-c1ccccc1Cl. The molecular weight excluding hydrogens is 246 g/mol. The summed E-state index contributed by atoms with van der Waals surface area (Å²) < 4.78 is 2.13. The summed E-state index contributed by atoms with van der Waals surface area (Å²) in [6, 6.07) is 7.86. The van der Waals surface area contributed by atoms with Crippen LogP contribution in [0.3, 0.4) is 0 Å². The maximum atomic E-state index is 6.21. The number of halogens is 1. The molecule has 1 aromatic heterocycles. The highest BCUT2D eigenvalue weighted by Crippen LogP contribution is 2.26. The minimum Gasteiger partial charge on any atom is -0.329 e. The van der Waals surface area contributed by atoms with Gasteiger partial charge >= 0.3 is 0 Å². The molecule has 0 atom stereocenters. The minimum atomic E-state index is 0.765. The maximum absolute atomic E-state index is 6.21. The highest BCUT2D eigenvalue weighted by Gasteiger charge is 2.07. The molecule has 0 aliphatic carbocycles. The number of rotatable bonds is 6. The summed E-state index contributed by atoms with van der Waals surface area (Å²) in [5.74, 6) is 0. The van der Waals surface area contributed by atoms with Crippen LogP contribution in [0.1, 0.15) is 13.3 Å². The van der Waals surface area contributed by atoms with E-state index in [1.165, 1.54) is 0 Å². The van der Waals surface area contributed by atoms with Crippen LogP contribution in [-0.2, 0) is 6.54 Å².